The average molecular weight is 415 g/mol. The summed E-state index contributed by atoms with van der Waals surface area (Å²) in [5.74, 6) is -0.232. The van der Waals surface area contributed by atoms with E-state index in [1.807, 2.05) is 6.92 Å². The third-order valence-electron chi connectivity index (χ3n) is 4.04. The molecule has 0 saturated carbocycles. The monoisotopic (exact) mass is 415 g/mol. The molecular weight excluding hydrogens is 390 g/mol. The van der Waals surface area contributed by atoms with Crippen molar-refractivity contribution in [2.45, 2.75) is 26.9 Å². The summed E-state index contributed by atoms with van der Waals surface area (Å²) in [6.07, 6.45) is -1.04. The lowest BCUT2D eigenvalue weighted by molar-refractivity contribution is -0.155. The maximum atomic E-state index is 12.3. The molecule has 2 aromatic rings. The Labute approximate surface area is 175 Å². The number of benzene rings is 2. The number of methoxy groups -OCH3 is 1. The summed E-state index contributed by atoms with van der Waals surface area (Å²) in [6.45, 7) is 4.75. The van der Waals surface area contributed by atoms with E-state index in [2.05, 4.69) is 5.32 Å². The predicted octanol–water partition coefficient (Wildman–Crippen LogP) is 3.25. The molecule has 2 rings (SSSR count). The highest BCUT2D eigenvalue weighted by atomic mass is 16.6. The lowest BCUT2D eigenvalue weighted by atomic mass is 10.1. The van der Waals surface area contributed by atoms with Crippen LogP contribution in [0.1, 0.15) is 31.1 Å². The molecule has 2 aromatic carbocycles. The van der Waals surface area contributed by atoms with Crippen LogP contribution in [-0.2, 0) is 14.3 Å². The molecule has 8 nitrogen and oxygen atoms in total. The van der Waals surface area contributed by atoms with Crippen molar-refractivity contribution in [3.05, 3.63) is 48.0 Å². The summed E-state index contributed by atoms with van der Waals surface area (Å²) in [7, 11) is 1.43. The highest BCUT2D eigenvalue weighted by Gasteiger charge is 2.20. The van der Waals surface area contributed by atoms with Crippen molar-refractivity contribution in [3.8, 4) is 17.2 Å². The first-order valence-corrected chi connectivity index (χ1v) is 9.39. The molecule has 0 unspecified atom stereocenters. The van der Waals surface area contributed by atoms with E-state index in [1.165, 1.54) is 33.1 Å². The van der Waals surface area contributed by atoms with Gasteiger partial charge in [0, 0.05) is 5.56 Å². The Bertz CT molecular complexity index is 910. The number of esters is 1. The van der Waals surface area contributed by atoms with Gasteiger partial charge in [-0.25, -0.2) is 4.79 Å². The number of ether oxygens (including phenoxy) is 4. The molecule has 30 heavy (non-hydrogen) atoms. The zero-order valence-electron chi connectivity index (χ0n) is 17.4. The van der Waals surface area contributed by atoms with Gasteiger partial charge in [0.1, 0.15) is 5.75 Å². The normalized spacial score (nSPS) is 11.2. The maximum Gasteiger partial charge on any atom is 0.344 e. The Morgan fingerprint density at radius 3 is 2.40 bits per heavy atom. The molecule has 0 radical (unpaired) electrons. The van der Waals surface area contributed by atoms with Gasteiger partial charge in [0.25, 0.3) is 5.91 Å². The Balaban J connectivity index is 1.92. The molecule has 0 spiro atoms. The molecule has 0 bridgehead atoms. The summed E-state index contributed by atoms with van der Waals surface area (Å²) < 4.78 is 21.2. The Hall–Kier alpha value is -3.55. The van der Waals surface area contributed by atoms with E-state index in [4.69, 9.17) is 18.9 Å². The van der Waals surface area contributed by atoms with Gasteiger partial charge < -0.3 is 24.3 Å². The van der Waals surface area contributed by atoms with E-state index < -0.39 is 24.6 Å². The molecule has 1 atom stereocenters. The van der Waals surface area contributed by atoms with E-state index >= 15 is 0 Å². The van der Waals surface area contributed by atoms with Gasteiger partial charge in [-0.15, -0.1) is 0 Å². The first-order chi connectivity index (χ1) is 14.3. The molecule has 0 aromatic heterocycles. The van der Waals surface area contributed by atoms with E-state index in [9.17, 15) is 14.4 Å². The summed E-state index contributed by atoms with van der Waals surface area (Å²) in [5, 5.41) is 2.68. The van der Waals surface area contributed by atoms with Crippen molar-refractivity contribution in [3.63, 3.8) is 0 Å². The van der Waals surface area contributed by atoms with Crippen LogP contribution < -0.4 is 19.5 Å². The Morgan fingerprint density at radius 1 is 1.00 bits per heavy atom. The van der Waals surface area contributed by atoms with Crippen molar-refractivity contribution in [1.82, 2.24) is 0 Å². The average Bonchev–Trinajstić information content (AvgIpc) is 2.73. The van der Waals surface area contributed by atoms with E-state index in [0.29, 0.717) is 29.4 Å². The van der Waals surface area contributed by atoms with Crippen LogP contribution in [-0.4, -0.2) is 44.1 Å². The SMILES string of the molecule is CCOc1ccccc1NC(=O)[C@H](C)OC(=O)COc1ccc(C(C)=O)cc1OC. The lowest BCUT2D eigenvalue weighted by Gasteiger charge is -2.16. The summed E-state index contributed by atoms with van der Waals surface area (Å²) in [4.78, 5) is 35.9. The molecule has 0 aliphatic rings. The third-order valence-corrected chi connectivity index (χ3v) is 4.04. The number of hydrogen-bond donors (Lipinski definition) is 1. The minimum atomic E-state index is -1.04. The fourth-order valence-corrected chi connectivity index (χ4v) is 2.51. The van der Waals surface area contributed by atoms with Gasteiger partial charge in [0.2, 0.25) is 0 Å². The van der Waals surface area contributed by atoms with Gasteiger partial charge in [-0.3, -0.25) is 9.59 Å². The summed E-state index contributed by atoms with van der Waals surface area (Å²) in [5.41, 5.74) is 0.943. The molecule has 0 aliphatic carbocycles. The van der Waals surface area contributed by atoms with Gasteiger partial charge >= 0.3 is 5.97 Å². The topological polar surface area (TPSA) is 100 Å². The third kappa shape index (κ3) is 6.23. The predicted molar refractivity (Wildman–Crippen MR) is 110 cm³/mol. The molecule has 8 heteroatoms. The standard InChI is InChI=1S/C22H25NO7/c1-5-28-18-9-7-6-8-17(18)23-22(26)15(3)30-21(25)13-29-19-11-10-16(14(2)24)12-20(19)27-4/h6-12,15H,5,13H2,1-4H3,(H,23,26)/t15-/m0/s1. The first-order valence-electron chi connectivity index (χ1n) is 9.39. The zero-order chi connectivity index (χ0) is 22.1. The van der Waals surface area contributed by atoms with Crippen LogP contribution in [0.5, 0.6) is 17.2 Å². The second kappa shape index (κ2) is 10.8. The number of ketones is 1. The van der Waals surface area contributed by atoms with Crippen LogP contribution in [0.15, 0.2) is 42.5 Å². The number of rotatable bonds is 10. The number of para-hydroxylation sites is 2. The van der Waals surface area contributed by atoms with Crippen molar-refractivity contribution in [2.75, 3.05) is 25.6 Å². The zero-order valence-corrected chi connectivity index (χ0v) is 17.4. The highest BCUT2D eigenvalue weighted by Crippen LogP contribution is 2.28. The van der Waals surface area contributed by atoms with Crippen LogP contribution in [0, 0.1) is 0 Å². The van der Waals surface area contributed by atoms with Crippen molar-refractivity contribution < 1.29 is 33.3 Å². The van der Waals surface area contributed by atoms with Crippen molar-refractivity contribution >= 4 is 23.3 Å². The number of nitrogens with one attached hydrogen (secondary N) is 1. The molecule has 0 aliphatic heterocycles. The van der Waals surface area contributed by atoms with E-state index in [1.54, 1.807) is 30.3 Å². The molecule has 0 saturated heterocycles. The van der Waals surface area contributed by atoms with Crippen LogP contribution in [0.25, 0.3) is 0 Å². The van der Waals surface area contributed by atoms with Crippen molar-refractivity contribution in [1.29, 1.82) is 0 Å². The van der Waals surface area contributed by atoms with Gasteiger partial charge in [-0.2, -0.15) is 0 Å². The number of carbonyl (C=O) groups is 3. The van der Waals surface area contributed by atoms with Gasteiger partial charge in [0.15, 0.2) is 30.0 Å². The second-order valence-electron chi connectivity index (χ2n) is 6.26. The first kappa shape index (κ1) is 22.7. The van der Waals surface area contributed by atoms with Crippen LogP contribution in [0.4, 0.5) is 5.69 Å². The Morgan fingerprint density at radius 2 is 1.73 bits per heavy atom. The minimum absolute atomic E-state index is 0.120. The molecule has 1 N–H and O–H groups in total. The number of carbonyl (C=O) groups excluding carboxylic acids is 3. The minimum Gasteiger partial charge on any atom is -0.493 e. The number of anilines is 1. The van der Waals surface area contributed by atoms with Gasteiger partial charge in [-0.1, -0.05) is 12.1 Å². The number of Topliss-reactive ketones (excluding diaryl/α,β-unsaturated/α-hetero) is 1. The highest BCUT2D eigenvalue weighted by molar-refractivity contribution is 5.96. The number of amides is 1. The quantitative estimate of drug-likeness (QED) is 0.470. The van der Waals surface area contributed by atoms with E-state index in [0.717, 1.165) is 0 Å². The smallest absolute Gasteiger partial charge is 0.344 e. The largest absolute Gasteiger partial charge is 0.493 e. The van der Waals surface area contributed by atoms with Gasteiger partial charge in [0.05, 0.1) is 19.4 Å². The van der Waals surface area contributed by atoms with Crippen LogP contribution >= 0.6 is 0 Å². The lowest BCUT2D eigenvalue weighted by Crippen LogP contribution is -2.31. The molecule has 160 valence electrons. The van der Waals surface area contributed by atoms with Gasteiger partial charge in [-0.05, 0) is 51.1 Å². The van der Waals surface area contributed by atoms with E-state index in [-0.39, 0.29) is 11.5 Å². The summed E-state index contributed by atoms with van der Waals surface area (Å²) >= 11 is 0. The molecule has 1 amide bonds. The van der Waals surface area contributed by atoms with Crippen molar-refractivity contribution in [2.24, 2.45) is 0 Å². The molecule has 0 fully saturated rings. The molecular formula is C22H25NO7. The molecule has 0 heterocycles. The number of hydrogen-bond acceptors (Lipinski definition) is 7. The fraction of sp³-hybridized carbons (Fsp3) is 0.318. The maximum absolute atomic E-state index is 12.3. The van der Waals surface area contributed by atoms with Crippen LogP contribution in [0.3, 0.4) is 0 Å². The second-order valence-corrected chi connectivity index (χ2v) is 6.26. The van der Waals surface area contributed by atoms with Crippen LogP contribution in [0.2, 0.25) is 0 Å². The fourth-order valence-electron chi connectivity index (χ4n) is 2.51. The Kier molecular flexibility index (Phi) is 8.22. The summed E-state index contributed by atoms with van der Waals surface area (Å²) in [6, 6.07) is 11.6.